The zero-order chi connectivity index (χ0) is 13.5. The van der Waals surface area contributed by atoms with Crippen molar-refractivity contribution < 1.29 is 9.47 Å². The van der Waals surface area contributed by atoms with Crippen LogP contribution < -0.4 is 4.90 Å². The Bertz CT molecular complexity index is 379. The van der Waals surface area contributed by atoms with Crippen molar-refractivity contribution in [1.29, 1.82) is 0 Å². The molecule has 0 aromatic carbocycles. The van der Waals surface area contributed by atoms with Crippen LogP contribution in [0.5, 0.6) is 0 Å². The molecule has 1 aromatic rings. The second kappa shape index (κ2) is 7.74. The van der Waals surface area contributed by atoms with Crippen molar-refractivity contribution in [2.75, 3.05) is 38.9 Å². The summed E-state index contributed by atoms with van der Waals surface area (Å²) in [4.78, 5) is 10.00. The quantitative estimate of drug-likeness (QED) is 0.722. The Morgan fingerprint density at radius 1 is 1.33 bits per heavy atom. The van der Waals surface area contributed by atoms with Gasteiger partial charge in [0.05, 0.1) is 25.5 Å². The van der Waals surface area contributed by atoms with Gasteiger partial charge in [-0.2, -0.15) is 4.98 Å². The third kappa shape index (κ3) is 4.24. The van der Waals surface area contributed by atoms with E-state index in [-0.39, 0.29) is 11.3 Å². The number of aromatic nitrogens is 2. The maximum absolute atomic E-state index is 6.11. The molecule has 18 heavy (non-hydrogen) atoms. The van der Waals surface area contributed by atoms with E-state index in [4.69, 9.17) is 32.7 Å². The van der Waals surface area contributed by atoms with Gasteiger partial charge in [0, 0.05) is 20.8 Å². The second-order valence-corrected chi connectivity index (χ2v) is 4.55. The smallest absolute Gasteiger partial charge is 0.224 e. The molecule has 0 bridgehead atoms. The first kappa shape index (κ1) is 15.4. The third-order valence-electron chi connectivity index (χ3n) is 2.44. The molecule has 1 rings (SSSR count). The van der Waals surface area contributed by atoms with Crippen LogP contribution >= 0.6 is 23.2 Å². The zero-order valence-electron chi connectivity index (χ0n) is 10.7. The number of halogens is 2. The van der Waals surface area contributed by atoms with Gasteiger partial charge in [0.1, 0.15) is 5.02 Å². The van der Waals surface area contributed by atoms with Gasteiger partial charge < -0.3 is 14.4 Å². The van der Waals surface area contributed by atoms with E-state index in [1.165, 1.54) is 6.20 Å². The van der Waals surface area contributed by atoms with Crippen LogP contribution in [0.3, 0.4) is 0 Å². The zero-order valence-corrected chi connectivity index (χ0v) is 12.2. The number of methoxy groups -OCH3 is 2. The summed E-state index contributed by atoms with van der Waals surface area (Å²) in [5.74, 6) is 0.596. The van der Waals surface area contributed by atoms with Crippen molar-refractivity contribution in [3.63, 3.8) is 0 Å². The maximum atomic E-state index is 6.11. The molecular formula is C11H17Cl2N3O2. The molecule has 0 spiro atoms. The SMILES string of the molecule is COCCN(c1nc(Cl)ncc1Cl)C(C)COC. The molecule has 0 aliphatic rings. The highest BCUT2D eigenvalue weighted by atomic mass is 35.5. The van der Waals surface area contributed by atoms with Crippen LogP contribution in [-0.4, -0.2) is 50.0 Å². The van der Waals surface area contributed by atoms with E-state index in [0.29, 0.717) is 30.6 Å². The number of nitrogens with zero attached hydrogens (tertiary/aromatic N) is 3. The van der Waals surface area contributed by atoms with E-state index >= 15 is 0 Å². The number of hydrogen-bond acceptors (Lipinski definition) is 5. The van der Waals surface area contributed by atoms with Crippen LogP contribution in [0.15, 0.2) is 6.20 Å². The number of rotatable bonds is 7. The standard InChI is InChI=1S/C11H17Cl2N3O2/c1-8(7-18-3)16(4-5-17-2)10-9(12)6-14-11(13)15-10/h6,8H,4-5,7H2,1-3H3. The lowest BCUT2D eigenvalue weighted by Gasteiger charge is -2.30. The van der Waals surface area contributed by atoms with Crippen molar-refractivity contribution >= 4 is 29.0 Å². The molecule has 5 nitrogen and oxygen atoms in total. The minimum Gasteiger partial charge on any atom is -0.383 e. The van der Waals surface area contributed by atoms with E-state index in [2.05, 4.69) is 9.97 Å². The minimum absolute atomic E-state index is 0.105. The van der Waals surface area contributed by atoms with Crippen molar-refractivity contribution in [3.8, 4) is 0 Å². The van der Waals surface area contributed by atoms with E-state index in [1.54, 1.807) is 14.2 Å². The summed E-state index contributed by atoms with van der Waals surface area (Å²) >= 11 is 11.9. The van der Waals surface area contributed by atoms with Crippen molar-refractivity contribution in [3.05, 3.63) is 16.5 Å². The minimum atomic E-state index is 0.105. The Morgan fingerprint density at radius 2 is 2.06 bits per heavy atom. The van der Waals surface area contributed by atoms with Crippen molar-refractivity contribution in [2.45, 2.75) is 13.0 Å². The molecule has 1 aromatic heterocycles. The van der Waals surface area contributed by atoms with E-state index in [0.717, 1.165) is 0 Å². The second-order valence-electron chi connectivity index (χ2n) is 3.80. The van der Waals surface area contributed by atoms with Crippen molar-refractivity contribution in [1.82, 2.24) is 9.97 Å². The van der Waals surface area contributed by atoms with Gasteiger partial charge in [-0.1, -0.05) is 11.6 Å². The molecule has 0 aliphatic carbocycles. The van der Waals surface area contributed by atoms with Crippen molar-refractivity contribution in [2.24, 2.45) is 0 Å². The van der Waals surface area contributed by atoms with Crippen LogP contribution in [0, 0.1) is 0 Å². The Kier molecular flexibility index (Phi) is 6.63. The molecule has 0 N–H and O–H groups in total. The van der Waals surface area contributed by atoms with Crippen LogP contribution in [-0.2, 0) is 9.47 Å². The maximum Gasteiger partial charge on any atom is 0.224 e. The monoisotopic (exact) mass is 293 g/mol. The number of hydrogen-bond donors (Lipinski definition) is 0. The molecule has 102 valence electrons. The Labute approximate surface area is 117 Å². The average Bonchev–Trinajstić information content (AvgIpc) is 2.34. The fraction of sp³-hybridized carbons (Fsp3) is 0.636. The predicted molar refractivity (Wildman–Crippen MR) is 72.6 cm³/mol. The van der Waals surface area contributed by atoms with Gasteiger partial charge >= 0.3 is 0 Å². The largest absolute Gasteiger partial charge is 0.383 e. The summed E-state index contributed by atoms with van der Waals surface area (Å²) in [5.41, 5.74) is 0. The van der Waals surface area contributed by atoms with Gasteiger partial charge in [-0.3, -0.25) is 0 Å². The fourth-order valence-electron chi connectivity index (χ4n) is 1.59. The number of anilines is 1. The van der Waals surface area contributed by atoms with Gasteiger partial charge in [-0.25, -0.2) is 4.98 Å². The summed E-state index contributed by atoms with van der Waals surface area (Å²) in [7, 11) is 3.30. The molecule has 1 atom stereocenters. The molecule has 0 radical (unpaired) electrons. The van der Waals surface area contributed by atoms with Gasteiger partial charge in [-0.15, -0.1) is 0 Å². The molecule has 1 heterocycles. The summed E-state index contributed by atoms with van der Waals surface area (Å²) in [5, 5.41) is 0.625. The summed E-state index contributed by atoms with van der Waals surface area (Å²) < 4.78 is 10.2. The molecule has 7 heteroatoms. The molecular weight excluding hydrogens is 277 g/mol. The Morgan fingerprint density at radius 3 is 2.67 bits per heavy atom. The first-order chi connectivity index (χ1) is 8.60. The molecule has 0 saturated carbocycles. The van der Waals surface area contributed by atoms with Crippen LogP contribution in [0.25, 0.3) is 0 Å². The highest BCUT2D eigenvalue weighted by molar-refractivity contribution is 6.33. The van der Waals surface area contributed by atoms with Crippen LogP contribution in [0.1, 0.15) is 6.92 Å². The molecule has 0 amide bonds. The van der Waals surface area contributed by atoms with E-state index < -0.39 is 0 Å². The topological polar surface area (TPSA) is 47.5 Å². The molecule has 0 aliphatic heterocycles. The lowest BCUT2D eigenvalue weighted by Crippen LogP contribution is -2.39. The summed E-state index contributed by atoms with van der Waals surface area (Å²) in [6.07, 6.45) is 1.49. The average molecular weight is 294 g/mol. The highest BCUT2D eigenvalue weighted by Gasteiger charge is 2.19. The third-order valence-corrected chi connectivity index (χ3v) is 2.89. The summed E-state index contributed by atoms with van der Waals surface area (Å²) in [6, 6.07) is 0.105. The van der Waals surface area contributed by atoms with Gasteiger partial charge in [0.15, 0.2) is 5.82 Å². The first-order valence-corrected chi connectivity index (χ1v) is 6.28. The normalized spacial score (nSPS) is 12.5. The lowest BCUT2D eigenvalue weighted by molar-refractivity contribution is 0.170. The van der Waals surface area contributed by atoms with Gasteiger partial charge in [0.2, 0.25) is 5.28 Å². The lowest BCUT2D eigenvalue weighted by atomic mass is 10.3. The highest BCUT2D eigenvalue weighted by Crippen LogP contribution is 2.25. The Balaban J connectivity index is 2.96. The van der Waals surface area contributed by atoms with Crippen LogP contribution in [0.2, 0.25) is 10.3 Å². The molecule has 0 saturated heterocycles. The summed E-state index contributed by atoms with van der Waals surface area (Å²) in [6.45, 7) is 3.78. The van der Waals surface area contributed by atoms with Crippen LogP contribution in [0.4, 0.5) is 5.82 Å². The molecule has 0 fully saturated rings. The van der Waals surface area contributed by atoms with Gasteiger partial charge in [-0.05, 0) is 18.5 Å². The first-order valence-electron chi connectivity index (χ1n) is 5.52. The number of ether oxygens (including phenoxy) is 2. The van der Waals surface area contributed by atoms with E-state index in [1.807, 2.05) is 11.8 Å². The van der Waals surface area contributed by atoms with Gasteiger partial charge in [0.25, 0.3) is 0 Å². The predicted octanol–water partition coefficient (Wildman–Crippen LogP) is 2.27. The Hall–Kier alpha value is -0.620. The van der Waals surface area contributed by atoms with E-state index in [9.17, 15) is 0 Å². The fourth-order valence-corrected chi connectivity index (χ4v) is 1.92. The molecule has 1 unspecified atom stereocenters.